The molecular weight excluding hydrogens is 212 g/mol. The summed E-state index contributed by atoms with van der Waals surface area (Å²) in [6, 6.07) is 8.65. The third kappa shape index (κ3) is 5.20. The normalized spacial score (nSPS) is 12.8. The molecule has 3 heteroatoms. The monoisotopic (exact) mass is 236 g/mol. The minimum atomic E-state index is 0.361. The molecule has 0 saturated heterocycles. The summed E-state index contributed by atoms with van der Waals surface area (Å²) in [6.07, 6.45) is 1.05. The van der Waals surface area contributed by atoms with Crippen LogP contribution in [0.3, 0.4) is 0 Å². The zero-order valence-corrected chi connectivity index (χ0v) is 11.4. The van der Waals surface area contributed by atoms with Crippen LogP contribution < -0.4 is 10.1 Å². The van der Waals surface area contributed by atoms with Crippen molar-refractivity contribution in [1.29, 1.82) is 0 Å². The largest absolute Gasteiger partial charge is 0.494 e. The van der Waals surface area contributed by atoms with Crippen LogP contribution in [0.2, 0.25) is 0 Å². The van der Waals surface area contributed by atoms with E-state index in [9.17, 15) is 0 Å². The highest BCUT2D eigenvalue weighted by Gasteiger charge is 2.03. The Labute approximate surface area is 105 Å². The van der Waals surface area contributed by atoms with Gasteiger partial charge in [0.25, 0.3) is 0 Å². The molecule has 0 saturated carbocycles. The van der Waals surface area contributed by atoms with Gasteiger partial charge in [-0.2, -0.15) is 0 Å². The van der Waals surface area contributed by atoms with Crippen molar-refractivity contribution in [3.8, 4) is 5.75 Å². The van der Waals surface area contributed by atoms with Crippen LogP contribution in [0.5, 0.6) is 5.75 Å². The number of rotatable bonds is 7. The fourth-order valence-corrected chi connectivity index (χ4v) is 1.61. The maximum Gasteiger partial charge on any atom is 0.119 e. The van der Waals surface area contributed by atoms with Crippen LogP contribution in [0.15, 0.2) is 24.3 Å². The van der Waals surface area contributed by atoms with Crippen molar-refractivity contribution in [2.24, 2.45) is 0 Å². The Kier molecular flexibility index (Phi) is 6.01. The summed E-state index contributed by atoms with van der Waals surface area (Å²) in [5.74, 6) is 0.961. The van der Waals surface area contributed by atoms with Crippen LogP contribution in [0.25, 0.3) is 0 Å². The van der Waals surface area contributed by atoms with Crippen LogP contribution in [-0.2, 0) is 0 Å². The molecule has 96 valence electrons. The highest BCUT2D eigenvalue weighted by atomic mass is 16.5. The fourth-order valence-electron chi connectivity index (χ4n) is 1.61. The molecule has 0 heterocycles. The van der Waals surface area contributed by atoms with Crippen molar-refractivity contribution in [2.45, 2.75) is 19.4 Å². The van der Waals surface area contributed by atoms with Crippen molar-refractivity contribution >= 4 is 0 Å². The summed E-state index contributed by atoms with van der Waals surface area (Å²) in [5, 5.41) is 3.23. The second-order valence-corrected chi connectivity index (χ2v) is 4.59. The first kappa shape index (κ1) is 14.0. The van der Waals surface area contributed by atoms with Crippen LogP contribution in [0.1, 0.15) is 24.9 Å². The van der Waals surface area contributed by atoms with Crippen molar-refractivity contribution < 1.29 is 4.74 Å². The molecule has 1 N–H and O–H groups in total. The lowest BCUT2D eigenvalue weighted by atomic mass is 10.1. The van der Waals surface area contributed by atoms with Crippen molar-refractivity contribution in [1.82, 2.24) is 10.2 Å². The third-order valence-electron chi connectivity index (χ3n) is 2.81. The Morgan fingerprint density at radius 3 is 2.76 bits per heavy atom. The van der Waals surface area contributed by atoms with Crippen molar-refractivity contribution in [3.63, 3.8) is 0 Å². The molecule has 0 aliphatic rings. The number of benzene rings is 1. The Bertz CT molecular complexity index is 326. The van der Waals surface area contributed by atoms with E-state index in [2.05, 4.69) is 43.4 Å². The SMILES string of the molecule is CNC(C)c1cccc(OCCCN(C)C)c1. The van der Waals surface area contributed by atoms with Crippen molar-refractivity contribution in [2.75, 3.05) is 34.3 Å². The molecule has 0 aliphatic heterocycles. The van der Waals surface area contributed by atoms with Gasteiger partial charge in [0.05, 0.1) is 6.61 Å². The number of nitrogens with one attached hydrogen (secondary N) is 1. The lowest BCUT2D eigenvalue weighted by molar-refractivity contribution is 0.281. The summed E-state index contributed by atoms with van der Waals surface area (Å²) in [4.78, 5) is 2.17. The number of nitrogens with zero attached hydrogens (tertiary/aromatic N) is 1. The molecule has 0 spiro atoms. The minimum absolute atomic E-state index is 0.361. The van der Waals surface area contributed by atoms with Gasteiger partial charge in [0.2, 0.25) is 0 Å². The van der Waals surface area contributed by atoms with Crippen LogP contribution >= 0.6 is 0 Å². The van der Waals surface area contributed by atoms with E-state index in [1.165, 1.54) is 5.56 Å². The zero-order valence-electron chi connectivity index (χ0n) is 11.4. The maximum atomic E-state index is 5.74. The lowest BCUT2D eigenvalue weighted by Crippen LogP contribution is -2.15. The summed E-state index contributed by atoms with van der Waals surface area (Å²) in [7, 11) is 6.12. The molecule has 1 unspecified atom stereocenters. The molecule has 0 radical (unpaired) electrons. The van der Waals surface area contributed by atoms with Gasteiger partial charge in [-0.25, -0.2) is 0 Å². The molecule has 3 nitrogen and oxygen atoms in total. The first-order valence-electron chi connectivity index (χ1n) is 6.18. The second kappa shape index (κ2) is 7.30. The lowest BCUT2D eigenvalue weighted by Gasteiger charge is -2.13. The highest BCUT2D eigenvalue weighted by molar-refractivity contribution is 5.30. The van der Waals surface area contributed by atoms with Gasteiger partial charge >= 0.3 is 0 Å². The van der Waals surface area contributed by atoms with Gasteiger partial charge in [0, 0.05) is 12.6 Å². The highest BCUT2D eigenvalue weighted by Crippen LogP contribution is 2.18. The van der Waals surface area contributed by atoms with Crippen LogP contribution in [0.4, 0.5) is 0 Å². The Morgan fingerprint density at radius 1 is 1.35 bits per heavy atom. The van der Waals surface area contributed by atoms with E-state index in [-0.39, 0.29) is 0 Å². The van der Waals surface area contributed by atoms with Crippen LogP contribution in [0, 0.1) is 0 Å². The summed E-state index contributed by atoms with van der Waals surface area (Å²) in [6.45, 7) is 3.98. The Balaban J connectivity index is 2.43. The number of ether oxygens (including phenoxy) is 1. The average molecular weight is 236 g/mol. The van der Waals surface area contributed by atoms with Gasteiger partial charge in [-0.15, -0.1) is 0 Å². The molecule has 0 amide bonds. The summed E-state index contributed by atoms with van der Waals surface area (Å²) >= 11 is 0. The molecule has 0 aromatic heterocycles. The predicted molar refractivity (Wildman–Crippen MR) is 72.6 cm³/mol. The van der Waals surface area contributed by atoms with E-state index in [1.807, 2.05) is 19.2 Å². The fraction of sp³-hybridized carbons (Fsp3) is 0.571. The zero-order chi connectivity index (χ0) is 12.7. The molecular formula is C14H24N2O. The van der Waals surface area contributed by atoms with E-state index in [1.54, 1.807) is 0 Å². The quantitative estimate of drug-likeness (QED) is 0.735. The van der Waals surface area contributed by atoms with Gasteiger partial charge in [-0.1, -0.05) is 12.1 Å². The standard InChI is InChI=1S/C14H24N2O/c1-12(15-2)13-7-5-8-14(11-13)17-10-6-9-16(3)4/h5,7-8,11-12,15H,6,9-10H2,1-4H3. The van der Waals surface area contributed by atoms with E-state index in [0.29, 0.717) is 6.04 Å². The molecule has 1 atom stereocenters. The van der Waals surface area contributed by atoms with E-state index < -0.39 is 0 Å². The first-order chi connectivity index (χ1) is 8.13. The Morgan fingerprint density at radius 2 is 2.12 bits per heavy atom. The minimum Gasteiger partial charge on any atom is -0.494 e. The Hall–Kier alpha value is -1.06. The van der Waals surface area contributed by atoms with Crippen molar-refractivity contribution in [3.05, 3.63) is 29.8 Å². The van der Waals surface area contributed by atoms with E-state index >= 15 is 0 Å². The average Bonchev–Trinajstić information content (AvgIpc) is 2.34. The summed E-state index contributed by atoms with van der Waals surface area (Å²) < 4.78 is 5.74. The van der Waals surface area contributed by atoms with Gasteiger partial charge in [-0.3, -0.25) is 0 Å². The molecule has 1 rings (SSSR count). The topological polar surface area (TPSA) is 24.5 Å². The number of hydrogen-bond acceptors (Lipinski definition) is 3. The summed E-state index contributed by atoms with van der Waals surface area (Å²) in [5.41, 5.74) is 1.26. The molecule has 0 fully saturated rings. The molecule has 1 aromatic rings. The van der Waals surface area contributed by atoms with E-state index in [4.69, 9.17) is 4.74 Å². The van der Waals surface area contributed by atoms with Gasteiger partial charge in [0.1, 0.15) is 5.75 Å². The second-order valence-electron chi connectivity index (χ2n) is 4.59. The molecule has 1 aromatic carbocycles. The van der Waals surface area contributed by atoms with Crippen LogP contribution in [-0.4, -0.2) is 39.2 Å². The smallest absolute Gasteiger partial charge is 0.119 e. The predicted octanol–water partition coefficient (Wildman–Crippen LogP) is 2.30. The van der Waals surface area contributed by atoms with E-state index in [0.717, 1.165) is 25.3 Å². The number of hydrogen-bond donors (Lipinski definition) is 1. The molecule has 0 bridgehead atoms. The van der Waals surface area contributed by atoms with Gasteiger partial charge in [-0.05, 0) is 52.2 Å². The third-order valence-corrected chi connectivity index (χ3v) is 2.81. The maximum absolute atomic E-state index is 5.74. The molecule has 0 aliphatic carbocycles. The first-order valence-corrected chi connectivity index (χ1v) is 6.18. The molecule has 17 heavy (non-hydrogen) atoms. The van der Waals surface area contributed by atoms with Gasteiger partial charge in [0.15, 0.2) is 0 Å². The van der Waals surface area contributed by atoms with Gasteiger partial charge < -0.3 is 15.0 Å².